The highest BCUT2D eigenvalue weighted by atomic mass is 19.4. The predicted octanol–water partition coefficient (Wildman–Crippen LogP) is 3.66. The molecule has 4 rings (SSSR count). The largest absolute Gasteiger partial charge is 0.573 e. The minimum Gasteiger partial charge on any atom is -0.406 e. The van der Waals surface area contributed by atoms with Crippen molar-refractivity contribution in [3.05, 3.63) is 29.8 Å². The van der Waals surface area contributed by atoms with Gasteiger partial charge in [-0.05, 0) is 37.1 Å². The lowest BCUT2D eigenvalue weighted by Crippen LogP contribution is -2.64. The van der Waals surface area contributed by atoms with Gasteiger partial charge in [-0.1, -0.05) is 0 Å². The van der Waals surface area contributed by atoms with Gasteiger partial charge in [0.15, 0.2) is 5.79 Å². The van der Waals surface area contributed by atoms with Gasteiger partial charge in [-0.15, -0.1) is 13.2 Å². The smallest absolute Gasteiger partial charge is 0.406 e. The van der Waals surface area contributed by atoms with E-state index >= 15 is 0 Å². The second-order valence-corrected chi connectivity index (χ2v) is 8.46. The number of amides is 1. The first-order valence-electron chi connectivity index (χ1n) is 10.6. The minimum atomic E-state index is -4.81. The predicted molar refractivity (Wildman–Crippen MR) is 102 cm³/mol. The quantitative estimate of drug-likeness (QED) is 0.640. The van der Waals surface area contributed by atoms with E-state index in [1.807, 2.05) is 0 Å². The van der Waals surface area contributed by atoms with Crippen molar-refractivity contribution in [3.63, 3.8) is 0 Å². The number of halogens is 5. The Hall–Kier alpha value is -1.98. The number of hydrogen-bond donors (Lipinski definition) is 0. The van der Waals surface area contributed by atoms with Crippen molar-refractivity contribution in [2.75, 3.05) is 39.4 Å². The van der Waals surface area contributed by atoms with Gasteiger partial charge in [0.05, 0.1) is 26.3 Å². The van der Waals surface area contributed by atoms with Crippen molar-refractivity contribution in [1.82, 2.24) is 9.80 Å². The molecular formula is C21H25F5N2O4. The second kappa shape index (κ2) is 8.75. The van der Waals surface area contributed by atoms with Crippen molar-refractivity contribution in [3.8, 4) is 5.75 Å². The van der Waals surface area contributed by atoms with Crippen molar-refractivity contribution < 1.29 is 41.0 Å². The molecule has 0 bridgehead atoms. The first-order valence-corrected chi connectivity index (χ1v) is 10.6. The fraction of sp³-hybridized carbons (Fsp3) is 0.667. The summed E-state index contributed by atoms with van der Waals surface area (Å²) in [5.74, 6) is -4.42. The van der Waals surface area contributed by atoms with Crippen LogP contribution in [-0.4, -0.2) is 79.2 Å². The zero-order valence-electron chi connectivity index (χ0n) is 17.4. The lowest BCUT2D eigenvalue weighted by molar-refractivity contribution is -0.291. The summed E-state index contributed by atoms with van der Waals surface area (Å²) in [5, 5.41) is 0. The zero-order valence-corrected chi connectivity index (χ0v) is 17.4. The molecule has 1 unspecified atom stereocenters. The number of alkyl halides is 5. The number of benzene rings is 1. The van der Waals surface area contributed by atoms with Gasteiger partial charge in [0.1, 0.15) is 5.75 Å². The van der Waals surface area contributed by atoms with Crippen LogP contribution in [0.3, 0.4) is 0 Å². The van der Waals surface area contributed by atoms with Crippen LogP contribution in [0.5, 0.6) is 5.75 Å². The maximum absolute atomic E-state index is 13.5. The lowest BCUT2D eigenvalue weighted by Gasteiger charge is -2.50. The Morgan fingerprint density at radius 2 is 1.62 bits per heavy atom. The summed E-state index contributed by atoms with van der Waals surface area (Å²) in [5.41, 5.74) is 0.221. The molecule has 32 heavy (non-hydrogen) atoms. The molecule has 6 nitrogen and oxygen atoms in total. The molecular weight excluding hydrogens is 439 g/mol. The van der Waals surface area contributed by atoms with Crippen LogP contribution in [-0.2, 0) is 9.47 Å². The van der Waals surface area contributed by atoms with Crippen LogP contribution in [0.15, 0.2) is 24.3 Å². The van der Waals surface area contributed by atoms with Gasteiger partial charge in [0, 0.05) is 37.5 Å². The van der Waals surface area contributed by atoms with Gasteiger partial charge in [-0.2, -0.15) is 0 Å². The molecule has 1 spiro atoms. The average Bonchev–Trinajstić information content (AvgIpc) is 2.73. The van der Waals surface area contributed by atoms with Crippen molar-refractivity contribution in [1.29, 1.82) is 0 Å². The van der Waals surface area contributed by atoms with E-state index < -0.39 is 23.8 Å². The van der Waals surface area contributed by atoms with E-state index in [9.17, 15) is 26.7 Å². The Bertz CT molecular complexity index is 805. The van der Waals surface area contributed by atoms with E-state index in [-0.39, 0.29) is 43.5 Å². The van der Waals surface area contributed by atoms with Crippen LogP contribution in [0.2, 0.25) is 0 Å². The van der Waals surface area contributed by atoms with Gasteiger partial charge in [0.2, 0.25) is 5.92 Å². The highest BCUT2D eigenvalue weighted by Crippen LogP contribution is 2.37. The third-order valence-corrected chi connectivity index (χ3v) is 6.17. The number of ether oxygens (including phenoxy) is 3. The van der Waals surface area contributed by atoms with Gasteiger partial charge < -0.3 is 19.1 Å². The Labute approximate surface area is 182 Å². The molecule has 1 saturated carbocycles. The molecule has 1 aromatic carbocycles. The van der Waals surface area contributed by atoms with Crippen LogP contribution in [0.1, 0.15) is 36.0 Å². The van der Waals surface area contributed by atoms with Crippen LogP contribution >= 0.6 is 0 Å². The molecule has 11 heteroatoms. The summed E-state index contributed by atoms with van der Waals surface area (Å²) in [6, 6.07) is 4.76. The summed E-state index contributed by atoms with van der Waals surface area (Å²) in [6.07, 6.45) is -4.28. The molecule has 0 N–H and O–H groups in total. The van der Waals surface area contributed by atoms with E-state index in [4.69, 9.17) is 9.47 Å². The zero-order chi connectivity index (χ0) is 23.0. The van der Waals surface area contributed by atoms with Crippen LogP contribution in [0, 0.1) is 0 Å². The summed E-state index contributed by atoms with van der Waals surface area (Å²) in [6.45, 7) is 2.02. The number of nitrogens with zero attached hydrogens (tertiary/aromatic N) is 2. The Kier molecular flexibility index (Phi) is 6.34. The van der Waals surface area contributed by atoms with Crippen LogP contribution in [0.25, 0.3) is 0 Å². The Balaban J connectivity index is 1.39. The molecule has 1 aromatic rings. The molecule has 2 heterocycles. The number of carbonyl (C=O) groups is 1. The maximum Gasteiger partial charge on any atom is 0.573 e. The Morgan fingerprint density at radius 1 is 1.00 bits per heavy atom. The SMILES string of the molecule is O=C(c1ccc(OC(F)(F)F)cc1)N1CCOC2(C1)CN(C1CCC(F)(F)CC1)CCO2. The maximum atomic E-state index is 13.5. The molecule has 1 aliphatic carbocycles. The summed E-state index contributed by atoms with van der Waals surface area (Å²) in [7, 11) is 0. The number of carbonyl (C=O) groups excluding carboxylic acids is 1. The number of hydrogen-bond acceptors (Lipinski definition) is 5. The third kappa shape index (κ3) is 5.49. The molecule has 178 valence electrons. The summed E-state index contributed by atoms with van der Waals surface area (Å²) < 4.78 is 79.7. The average molecular weight is 464 g/mol. The van der Waals surface area contributed by atoms with Crippen LogP contribution < -0.4 is 4.74 Å². The molecule has 1 atom stereocenters. The van der Waals surface area contributed by atoms with E-state index in [0.717, 1.165) is 12.1 Å². The van der Waals surface area contributed by atoms with E-state index in [1.54, 1.807) is 4.90 Å². The standard InChI is InChI=1S/C21H25F5N2O4/c22-19(23)7-5-16(6-8-19)27-9-11-30-20(13-27)14-28(10-12-31-20)18(29)15-1-3-17(4-2-15)32-21(24,25)26/h1-4,16H,5-14H2. The topological polar surface area (TPSA) is 51.2 Å². The van der Waals surface area contributed by atoms with Crippen molar-refractivity contribution >= 4 is 5.91 Å². The summed E-state index contributed by atoms with van der Waals surface area (Å²) in [4.78, 5) is 16.6. The third-order valence-electron chi connectivity index (χ3n) is 6.17. The molecule has 3 fully saturated rings. The number of morpholine rings is 2. The fourth-order valence-corrected chi connectivity index (χ4v) is 4.58. The van der Waals surface area contributed by atoms with Crippen molar-refractivity contribution in [2.24, 2.45) is 0 Å². The first kappa shape index (κ1) is 23.2. The molecule has 0 radical (unpaired) electrons. The summed E-state index contributed by atoms with van der Waals surface area (Å²) >= 11 is 0. The molecule has 3 aliphatic rings. The molecule has 2 saturated heterocycles. The molecule has 0 aromatic heterocycles. The lowest BCUT2D eigenvalue weighted by atomic mass is 9.90. The Morgan fingerprint density at radius 3 is 2.25 bits per heavy atom. The van der Waals surface area contributed by atoms with Gasteiger partial charge in [-0.25, -0.2) is 8.78 Å². The number of rotatable bonds is 3. The highest BCUT2D eigenvalue weighted by molar-refractivity contribution is 5.94. The van der Waals surface area contributed by atoms with E-state index in [2.05, 4.69) is 9.64 Å². The van der Waals surface area contributed by atoms with Gasteiger partial charge in [0.25, 0.3) is 5.91 Å². The highest BCUT2D eigenvalue weighted by Gasteiger charge is 2.46. The minimum absolute atomic E-state index is 0.0197. The first-order chi connectivity index (χ1) is 15.0. The molecule has 2 aliphatic heterocycles. The normalized spacial score (nSPS) is 27.5. The van der Waals surface area contributed by atoms with Crippen molar-refractivity contribution in [2.45, 2.75) is 49.8 Å². The fourth-order valence-electron chi connectivity index (χ4n) is 4.58. The van der Waals surface area contributed by atoms with Gasteiger partial charge in [-0.3, -0.25) is 9.69 Å². The van der Waals surface area contributed by atoms with Gasteiger partial charge >= 0.3 is 6.36 Å². The van der Waals surface area contributed by atoms with E-state index in [1.165, 1.54) is 12.1 Å². The monoisotopic (exact) mass is 464 g/mol. The molecule has 1 amide bonds. The van der Waals surface area contributed by atoms with Crippen LogP contribution in [0.4, 0.5) is 22.0 Å². The van der Waals surface area contributed by atoms with E-state index in [0.29, 0.717) is 39.1 Å². The second-order valence-electron chi connectivity index (χ2n) is 8.46.